The minimum atomic E-state index is 0.397. The van der Waals surface area contributed by atoms with Crippen molar-refractivity contribution in [2.24, 2.45) is 5.92 Å². The summed E-state index contributed by atoms with van der Waals surface area (Å²) in [5.74, 6) is 1.02. The average molecular weight is 187 g/mol. The summed E-state index contributed by atoms with van der Waals surface area (Å²) in [4.78, 5) is 8.22. The van der Waals surface area contributed by atoms with E-state index in [4.69, 9.17) is 0 Å². The van der Waals surface area contributed by atoms with E-state index >= 15 is 0 Å². The topological polar surface area (TPSA) is 25.8 Å². The molecule has 73 valence electrons. The fourth-order valence-electron chi connectivity index (χ4n) is 3.19. The van der Waals surface area contributed by atoms with Crippen molar-refractivity contribution in [2.45, 2.75) is 43.9 Å². The fraction of sp³-hybridized carbons (Fsp3) is 0.667. The van der Waals surface area contributed by atoms with Crippen LogP contribution in [0.4, 0.5) is 0 Å². The van der Waals surface area contributed by atoms with Crippen molar-refractivity contribution < 1.29 is 0 Å². The van der Waals surface area contributed by atoms with Crippen LogP contribution in [0.15, 0.2) is 12.3 Å². The Morgan fingerprint density at radius 1 is 1.21 bits per heavy atom. The molecule has 1 aromatic rings. The van der Waals surface area contributed by atoms with Crippen molar-refractivity contribution in [1.29, 1.82) is 0 Å². The monoisotopic (exact) mass is 187 g/mol. The number of fused-ring (bicyclic) bond motifs is 3. The molecule has 0 aliphatic heterocycles. The van der Waals surface area contributed by atoms with E-state index in [9.17, 15) is 0 Å². The molecule has 0 aromatic carbocycles. The Balaban J connectivity index is 1.96. The van der Waals surface area contributed by atoms with Crippen LogP contribution in [0.2, 0.25) is 0 Å². The van der Waals surface area contributed by atoms with Crippen LogP contribution in [0.5, 0.6) is 0 Å². The molecule has 0 N–H and O–H groups in total. The highest BCUT2D eigenvalue weighted by Gasteiger charge is 2.42. The molecule has 1 heterocycles. The lowest BCUT2D eigenvalue weighted by molar-refractivity contribution is 0.132. The minimum absolute atomic E-state index is 0.397. The molecule has 0 amide bonds. The quantitative estimate of drug-likeness (QED) is 0.675. The van der Waals surface area contributed by atoms with Gasteiger partial charge in [-0.05, 0) is 50.5 Å². The van der Waals surface area contributed by atoms with Gasteiger partial charge in [-0.2, -0.15) is 0 Å². The number of rotatable bonds is 1. The van der Waals surface area contributed by atoms with Gasteiger partial charge in [-0.1, -0.05) is 0 Å². The van der Waals surface area contributed by atoms with Crippen molar-refractivity contribution in [3.05, 3.63) is 24.3 Å². The molecular weight excluding hydrogens is 172 g/mol. The smallest absolute Gasteiger partial charge is 0.197 e. The predicted octanol–water partition coefficient (Wildman–Crippen LogP) is 2.50. The molecule has 0 unspecified atom stereocenters. The first-order chi connectivity index (χ1) is 6.89. The highest BCUT2D eigenvalue weighted by Crippen LogP contribution is 2.50. The van der Waals surface area contributed by atoms with Crippen molar-refractivity contribution in [2.75, 3.05) is 0 Å². The van der Waals surface area contributed by atoms with E-state index in [0.717, 1.165) is 5.92 Å². The van der Waals surface area contributed by atoms with Gasteiger partial charge in [-0.25, -0.2) is 9.97 Å². The van der Waals surface area contributed by atoms with Gasteiger partial charge in [0.1, 0.15) is 0 Å². The largest absolute Gasteiger partial charge is 0.234 e. The average Bonchev–Trinajstić information content (AvgIpc) is 2.33. The molecule has 0 spiro atoms. The summed E-state index contributed by atoms with van der Waals surface area (Å²) in [6, 6.07) is 2.09. The van der Waals surface area contributed by atoms with Gasteiger partial charge in [-0.15, -0.1) is 0 Å². The first-order valence-electron chi connectivity index (χ1n) is 5.59. The van der Waals surface area contributed by atoms with Crippen LogP contribution in [0, 0.1) is 12.2 Å². The van der Waals surface area contributed by atoms with Gasteiger partial charge in [0, 0.05) is 11.6 Å². The zero-order valence-electron chi connectivity index (χ0n) is 8.37. The van der Waals surface area contributed by atoms with E-state index in [-0.39, 0.29) is 0 Å². The Bertz CT molecular complexity index is 299. The maximum Gasteiger partial charge on any atom is 0.197 e. The Morgan fingerprint density at radius 2 is 1.93 bits per heavy atom. The van der Waals surface area contributed by atoms with Gasteiger partial charge >= 0.3 is 0 Å². The van der Waals surface area contributed by atoms with Crippen molar-refractivity contribution in [3.8, 4) is 0 Å². The zero-order valence-corrected chi connectivity index (χ0v) is 8.37. The van der Waals surface area contributed by atoms with Crippen LogP contribution >= 0.6 is 0 Å². The molecule has 3 aliphatic carbocycles. The first-order valence-corrected chi connectivity index (χ1v) is 5.59. The third-order valence-electron chi connectivity index (χ3n) is 4.17. The third kappa shape index (κ3) is 1.17. The molecule has 2 heteroatoms. The molecule has 3 aliphatic rings. The minimum Gasteiger partial charge on any atom is -0.234 e. The van der Waals surface area contributed by atoms with Gasteiger partial charge in [0.05, 0.1) is 5.69 Å². The van der Waals surface area contributed by atoms with Gasteiger partial charge in [0.2, 0.25) is 0 Å². The van der Waals surface area contributed by atoms with Crippen molar-refractivity contribution in [1.82, 2.24) is 9.97 Å². The Hall–Kier alpha value is -0.920. The van der Waals surface area contributed by atoms with Gasteiger partial charge in [0.15, 0.2) is 6.33 Å². The highest BCUT2D eigenvalue weighted by molar-refractivity contribution is 5.18. The maximum absolute atomic E-state index is 4.33. The second-order valence-corrected chi connectivity index (χ2v) is 4.80. The van der Waals surface area contributed by atoms with E-state index in [1.54, 1.807) is 0 Å². The van der Waals surface area contributed by atoms with Gasteiger partial charge < -0.3 is 0 Å². The molecule has 4 rings (SSSR count). The second kappa shape index (κ2) is 3.04. The summed E-state index contributed by atoms with van der Waals surface area (Å²) >= 11 is 0. The number of hydrogen-bond donors (Lipinski definition) is 0. The van der Waals surface area contributed by atoms with E-state index in [1.165, 1.54) is 44.2 Å². The molecule has 3 saturated carbocycles. The van der Waals surface area contributed by atoms with E-state index in [1.807, 2.05) is 6.20 Å². The molecule has 3 fully saturated rings. The van der Waals surface area contributed by atoms with Crippen molar-refractivity contribution >= 4 is 0 Å². The summed E-state index contributed by atoms with van der Waals surface area (Å²) in [6.45, 7) is 0. The third-order valence-corrected chi connectivity index (χ3v) is 4.17. The molecule has 1 aromatic heterocycles. The van der Waals surface area contributed by atoms with E-state index in [0.29, 0.717) is 5.41 Å². The summed E-state index contributed by atoms with van der Waals surface area (Å²) < 4.78 is 0. The maximum atomic E-state index is 4.33. The SMILES string of the molecule is [c]1nccc(C23CCC(CC2)CC3)n1. The summed E-state index contributed by atoms with van der Waals surface area (Å²) in [5.41, 5.74) is 1.64. The highest BCUT2D eigenvalue weighted by atomic mass is 14.8. The fourth-order valence-corrected chi connectivity index (χ4v) is 3.19. The van der Waals surface area contributed by atoms with Crippen LogP contribution in [-0.2, 0) is 5.41 Å². The number of hydrogen-bond acceptors (Lipinski definition) is 2. The summed E-state index contributed by atoms with van der Waals surface area (Å²) in [6.07, 6.45) is 12.8. The zero-order chi connectivity index (χ0) is 9.43. The lowest BCUT2D eigenvalue weighted by atomic mass is 9.59. The standard InChI is InChI=1S/C12H15N2/c1-5-12(6-2-10(1)3-7-12)11-4-8-13-9-14-11/h4,8,10H,1-3,5-7H2. The van der Waals surface area contributed by atoms with E-state index in [2.05, 4.69) is 22.4 Å². The Kier molecular flexibility index (Phi) is 1.82. The molecular formula is C12H15N2. The summed E-state index contributed by atoms with van der Waals surface area (Å²) in [5, 5.41) is 0. The predicted molar refractivity (Wildman–Crippen MR) is 53.7 cm³/mol. The molecule has 0 saturated heterocycles. The van der Waals surface area contributed by atoms with Crippen LogP contribution in [0.3, 0.4) is 0 Å². The number of nitrogens with zero attached hydrogens (tertiary/aromatic N) is 2. The lowest BCUT2D eigenvalue weighted by Gasteiger charge is -2.46. The van der Waals surface area contributed by atoms with Gasteiger partial charge in [-0.3, -0.25) is 0 Å². The van der Waals surface area contributed by atoms with Crippen LogP contribution in [-0.4, -0.2) is 9.97 Å². The van der Waals surface area contributed by atoms with Crippen LogP contribution < -0.4 is 0 Å². The normalized spacial score (nSPS) is 35.9. The summed E-state index contributed by atoms with van der Waals surface area (Å²) in [7, 11) is 0. The molecule has 2 nitrogen and oxygen atoms in total. The first kappa shape index (κ1) is 8.39. The Labute approximate surface area is 84.8 Å². The van der Waals surface area contributed by atoms with Crippen molar-refractivity contribution in [3.63, 3.8) is 0 Å². The van der Waals surface area contributed by atoms with Crippen LogP contribution in [0.25, 0.3) is 0 Å². The second-order valence-electron chi connectivity index (χ2n) is 4.80. The molecule has 0 atom stereocenters. The van der Waals surface area contributed by atoms with Gasteiger partial charge in [0.25, 0.3) is 0 Å². The molecule has 2 bridgehead atoms. The Morgan fingerprint density at radius 3 is 2.50 bits per heavy atom. The molecule has 14 heavy (non-hydrogen) atoms. The molecule has 1 radical (unpaired) electrons. The number of aromatic nitrogens is 2. The lowest BCUT2D eigenvalue weighted by Crippen LogP contribution is -2.38. The van der Waals surface area contributed by atoms with Crippen LogP contribution in [0.1, 0.15) is 44.2 Å². The van der Waals surface area contributed by atoms with E-state index < -0.39 is 0 Å².